The predicted octanol–water partition coefficient (Wildman–Crippen LogP) is -0.705. The number of hydrogen-bond donors (Lipinski definition) is 0. The first kappa shape index (κ1) is 7.63. The summed E-state index contributed by atoms with van der Waals surface area (Å²) in [5, 5.41) is 0.233. The molecule has 0 aliphatic heterocycles. The fourth-order valence-electron chi connectivity index (χ4n) is 0.104. The first-order valence-electron chi connectivity index (χ1n) is 1.63. The standard InChI is InChI=1S/C2H6BrO3P/c3-1-2-7(4,5)6/h1-2H2,(H2,4,5,6)/p-2. The van der Waals surface area contributed by atoms with E-state index in [1.807, 2.05) is 0 Å². The van der Waals surface area contributed by atoms with Crippen molar-refractivity contribution in [2.45, 2.75) is 0 Å². The summed E-state index contributed by atoms with van der Waals surface area (Å²) in [6, 6.07) is 0. The van der Waals surface area contributed by atoms with E-state index >= 15 is 0 Å². The Morgan fingerprint density at radius 2 is 2.00 bits per heavy atom. The second-order valence-electron chi connectivity index (χ2n) is 1.02. The highest BCUT2D eigenvalue weighted by Gasteiger charge is 1.84. The summed E-state index contributed by atoms with van der Waals surface area (Å²) in [4.78, 5) is 19.3. The highest BCUT2D eigenvalue weighted by Crippen LogP contribution is 2.21. The Balaban J connectivity index is 3.36. The Labute approximate surface area is 50.0 Å². The number of rotatable bonds is 2. The van der Waals surface area contributed by atoms with Gasteiger partial charge in [0, 0.05) is 5.33 Å². The lowest BCUT2D eigenvalue weighted by atomic mass is 11.0. The van der Waals surface area contributed by atoms with Gasteiger partial charge in [0.25, 0.3) is 0 Å². The van der Waals surface area contributed by atoms with Gasteiger partial charge in [-0.2, -0.15) is 0 Å². The van der Waals surface area contributed by atoms with Crippen LogP contribution in [-0.2, 0) is 4.57 Å². The molecule has 0 aliphatic rings. The molecule has 0 unspecified atom stereocenters. The van der Waals surface area contributed by atoms with Gasteiger partial charge in [0.05, 0.1) is 0 Å². The Morgan fingerprint density at radius 1 is 1.57 bits per heavy atom. The molecule has 0 aliphatic carbocycles. The molecule has 3 nitrogen and oxygen atoms in total. The molecule has 0 saturated heterocycles. The summed E-state index contributed by atoms with van der Waals surface area (Å²) in [7, 11) is -4.21. The van der Waals surface area contributed by atoms with Crippen LogP contribution in [0.15, 0.2) is 0 Å². The van der Waals surface area contributed by atoms with E-state index in [-0.39, 0.29) is 11.5 Å². The average Bonchev–Trinajstić information content (AvgIpc) is 1.30. The molecule has 0 radical (unpaired) electrons. The maximum absolute atomic E-state index is 9.67. The van der Waals surface area contributed by atoms with Crippen LogP contribution in [-0.4, -0.2) is 11.5 Å². The van der Waals surface area contributed by atoms with Crippen molar-refractivity contribution in [1.29, 1.82) is 0 Å². The fourth-order valence-corrected chi connectivity index (χ4v) is 1.61. The quantitative estimate of drug-likeness (QED) is 0.423. The third-order valence-corrected chi connectivity index (χ3v) is 2.14. The van der Waals surface area contributed by atoms with Gasteiger partial charge in [-0.05, 0) is 6.16 Å². The largest absolute Gasteiger partial charge is 0.811 e. The first-order chi connectivity index (χ1) is 3.06. The Hall–Kier alpha value is 0.630. The van der Waals surface area contributed by atoms with Crippen molar-refractivity contribution in [3.63, 3.8) is 0 Å². The van der Waals surface area contributed by atoms with Crippen LogP contribution in [0, 0.1) is 0 Å². The predicted molar refractivity (Wildman–Crippen MR) is 26.3 cm³/mol. The molecule has 0 N–H and O–H groups in total. The fraction of sp³-hybridized carbons (Fsp3) is 1.00. The topological polar surface area (TPSA) is 63.2 Å². The number of alkyl halides is 1. The van der Waals surface area contributed by atoms with Crippen molar-refractivity contribution in [3.8, 4) is 0 Å². The minimum absolute atomic E-state index is 0.233. The monoisotopic (exact) mass is 186 g/mol. The maximum Gasteiger partial charge on any atom is 0.00773 e. The molecule has 0 rings (SSSR count). The number of halogens is 1. The Kier molecular flexibility index (Phi) is 3.08. The van der Waals surface area contributed by atoms with Crippen molar-refractivity contribution < 1.29 is 14.4 Å². The molecule has 0 spiro atoms. The summed E-state index contributed by atoms with van der Waals surface area (Å²) in [6.45, 7) is 0. The molecule has 0 atom stereocenters. The van der Waals surface area contributed by atoms with Crippen molar-refractivity contribution in [2.75, 3.05) is 11.5 Å². The molecule has 44 valence electrons. The van der Waals surface area contributed by atoms with Crippen molar-refractivity contribution in [3.05, 3.63) is 0 Å². The molecule has 0 heterocycles. The van der Waals surface area contributed by atoms with Crippen molar-refractivity contribution >= 4 is 23.5 Å². The van der Waals surface area contributed by atoms with Gasteiger partial charge in [0.1, 0.15) is 0 Å². The third kappa shape index (κ3) is 6.63. The van der Waals surface area contributed by atoms with Crippen LogP contribution >= 0.6 is 23.5 Å². The van der Waals surface area contributed by atoms with Gasteiger partial charge in [0.2, 0.25) is 0 Å². The van der Waals surface area contributed by atoms with Crippen LogP contribution in [0.2, 0.25) is 0 Å². The van der Waals surface area contributed by atoms with E-state index < -0.39 is 7.60 Å². The van der Waals surface area contributed by atoms with Gasteiger partial charge in [0.15, 0.2) is 0 Å². The molecule has 0 bridgehead atoms. The van der Waals surface area contributed by atoms with Gasteiger partial charge in [-0.15, -0.1) is 0 Å². The van der Waals surface area contributed by atoms with Crippen molar-refractivity contribution in [2.24, 2.45) is 0 Å². The molecular formula is C2H4BrO3P-2. The maximum atomic E-state index is 9.67. The van der Waals surface area contributed by atoms with E-state index in [9.17, 15) is 14.4 Å². The lowest BCUT2D eigenvalue weighted by Gasteiger charge is -2.27. The smallest absolute Gasteiger partial charge is 0.00773 e. The van der Waals surface area contributed by atoms with E-state index in [2.05, 4.69) is 15.9 Å². The van der Waals surface area contributed by atoms with Gasteiger partial charge in [-0.1, -0.05) is 23.5 Å². The summed E-state index contributed by atoms with van der Waals surface area (Å²) in [5.41, 5.74) is 0. The van der Waals surface area contributed by atoms with E-state index in [0.29, 0.717) is 0 Å². The van der Waals surface area contributed by atoms with Crippen LogP contribution in [0.25, 0.3) is 0 Å². The molecular weight excluding hydrogens is 183 g/mol. The van der Waals surface area contributed by atoms with E-state index in [1.165, 1.54) is 0 Å². The van der Waals surface area contributed by atoms with Crippen molar-refractivity contribution in [1.82, 2.24) is 0 Å². The summed E-state index contributed by atoms with van der Waals surface area (Å²) in [6.07, 6.45) is -0.299. The van der Waals surface area contributed by atoms with Crippen LogP contribution in [0.4, 0.5) is 0 Å². The van der Waals surface area contributed by atoms with E-state index in [4.69, 9.17) is 0 Å². The van der Waals surface area contributed by atoms with Gasteiger partial charge in [-0.3, -0.25) is 0 Å². The average molecular weight is 187 g/mol. The second kappa shape index (κ2) is 2.82. The summed E-state index contributed by atoms with van der Waals surface area (Å²) >= 11 is 2.81. The second-order valence-corrected chi connectivity index (χ2v) is 3.49. The minimum Gasteiger partial charge on any atom is -0.811 e. The van der Waals surface area contributed by atoms with Gasteiger partial charge < -0.3 is 14.4 Å². The zero-order valence-electron chi connectivity index (χ0n) is 3.46. The van der Waals surface area contributed by atoms with Crippen LogP contribution < -0.4 is 9.79 Å². The zero-order valence-corrected chi connectivity index (χ0v) is 5.94. The highest BCUT2D eigenvalue weighted by molar-refractivity contribution is 9.09. The zero-order chi connectivity index (χ0) is 5.91. The Morgan fingerprint density at radius 3 is 2.00 bits per heavy atom. The molecule has 0 amide bonds. The molecule has 0 aromatic carbocycles. The molecule has 0 aromatic heterocycles. The lowest BCUT2D eigenvalue weighted by molar-refractivity contribution is -0.313. The molecule has 5 heteroatoms. The number of hydrogen-bond acceptors (Lipinski definition) is 3. The highest BCUT2D eigenvalue weighted by atomic mass is 79.9. The van der Waals surface area contributed by atoms with Crippen LogP contribution in [0.1, 0.15) is 0 Å². The normalized spacial score (nSPS) is 11.9. The molecule has 0 saturated carbocycles. The Bertz CT molecular complexity index is 86.9. The van der Waals surface area contributed by atoms with Gasteiger partial charge in [-0.25, -0.2) is 0 Å². The van der Waals surface area contributed by atoms with E-state index in [1.54, 1.807) is 0 Å². The minimum atomic E-state index is -4.21. The van der Waals surface area contributed by atoms with Gasteiger partial charge >= 0.3 is 0 Å². The summed E-state index contributed by atoms with van der Waals surface area (Å²) in [5.74, 6) is 0. The summed E-state index contributed by atoms with van der Waals surface area (Å²) < 4.78 is 9.67. The SMILES string of the molecule is O=P([O-])([O-])CCBr. The molecule has 0 fully saturated rings. The molecule has 0 aromatic rings. The molecule has 7 heavy (non-hydrogen) atoms. The van der Waals surface area contributed by atoms with Crippen LogP contribution in [0.5, 0.6) is 0 Å². The third-order valence-electron chi connectivity index (χ3n) is 0.358. The first-order valence-corrected chi connectivity index (χ1v) is 4.48. The van der Waals surface area contributed by atoms with E-state index in [0.717, 1.165) is 0 Å². The van der Waals surface area contributed by atoms with Crippen LogP contribution in [0.3, 0.4) is 0 Å². The lowest BCUT2D eigenvalue weighted by Crippen LogP contribution is -2.17.